The second kappa shape index (κ2) is 9.82. The zero-order valence-corrected chi connectivity index (χ0v) is 22.2. The highest BCUT2D eigenvalue weighted by Crippen LogP contribution is 2.31. The zero-order chi connectivity index (χ0) is 26.3. The van der Waals surface area contributed by atoms with Gasteiger partial charge >= 0.3 is 5.97 Å². The van der Waals surface area contributed by atoms with Gasteiger partial charge in [-0.25, -0.2) is 9.79 Å². The quantitative estimate of drug-likeness (QED) is 0.279. The largest absolute Gasteiger partial charge is 0.466 e. The van der Waals surface area contributed by atoms with Crippen molar-refractivity contribution in [2.75, 3.05) is 7.11 Å². The molecule has 0 amide bonds. The number of fused-ring (bicyclic) bond motifs is 2. The van der Waals surface area contributed by atoms with Gasteiger partial charge in [-0.15, -0.1) is 6.58 Å². The van der Waals surface area contributed by atoms with Crippen molar-refractivity contribution < 1.29 is 9.53 Å². The average Bonchev–Trinajstić information content (AvgIpc) is 3.40. The van der Waals surface area contributed by atoms with Gasteiger partial charge in [-0.1, -0.05) is 73.7 Å². The lowest BCUT2D eigenvalue weighted by Gasteiger charge is -2.24. The molecule has 3 heterocycles. The molecule has 4 aromatic rings. The molecule has 0 N–H and O–H groups in total. The molecule has 188 valence electrons. The van der Waals surface area contributed by atoms with Crippen LogP contribution in [0.5, 0.6) is 0 Å². The van der Waals surface area contributed by atoms with Crippen LogP contribution >= 0.6 is 11.3 Å². The van der Waals surface area contributed by atoms with Crippen LogP contribution in [0.25, 0.3) is 17.0 Å². The van der Waals surface area contributed by atoms with Gasteiger partial charge in [-0.3, -0.25) is 9.36 Å². The topological polar surface area (TPSA) is 65.6 Å². The van der Waals surface area contributed by atoms with Crippen LogP contribution in [-0.4, -0.2) is 22.2 Å². The Labute approximate surface area is 219 Å². The molecule has 0 saturated carbocycles. The molecule has 5 rings (SSSR count). The number of allylic oxidation sites excluding steroid dienone is 2. The van der Waals surface area contributed by atoms with Gasteiger partial charge in [0.05, 0.1) is 29.0 Å². The summed E-state index contributed by atoms with van der Waals surface area (Å²) < 4.78 is 9.42. The van der Waals surface area contributed by atoms with E-state index in [1.165, 1.54) is 24.0 Å². The Morgan fingerprint density at radius 3 is 2.59 bits per heavy atom. The van der Waals surface area contributed by atoms with E-state index in [0.29, 0.717) is 33.1 Å². The Morgan fingerprint density at radius 1 is 1.19 bits per heavy atom. The Morgan fingerprint density at radius 2 is 1.92 bits per heavy atom. The maximum absolute atomic E-state index is 13.9. The predicted octanol–water partition coefficient (Wildman–Crippen LogP) is 4.67. The third-order valence-electron chi connectivity index (χ3n) is 6.78. The van der Waals surface area contributed by atoms with Gasteiger partial charge in [0.1, 0.15) is 0 Å². The van der Waals surface area contributed by atoms with Crippen molar-refractivity contribution in [2.45, 2.75) is 39.3 Å². The van der Waals surface area contributed by atoms with Gasteiger partial charge in [-0.2, -0.15) is 0 Å². The third kappa shape index (κ3) is 4.29. The highest BCUT2D eigenvalue weighted by Gasteiger charge is 2.33. The molecule has 0 unspecified atom stereocenters. The Hall–Kier alpha value is -3.97. The molecule has 7 heteroatoms. The standard InChI is InChI=1S/C30H29N3O3S/c1-6-15-32-17-22(23-9-7-8-10-24(23)32)16-25-28(34)33-27(21-13-11-20(12-14-21)18(2)3)26(29(35)36-5)19(4)31-30(33)37-25/h6-14,16-18,27H,1,15H2,2-5H3/b25-16-/t27-/m0/s1. The van der Waals surface area contributed by atoms with E-state index in [9.17, 15) is 9.59 Å². The number of methoxy groups -OCH3 is 1. The van der Waals surface area contributed by atoms with Crippen LogP contribution in [0.2, 0.25) is 0 Å². The van der Waals surface area contributed by atoms with Crippen LogP contribution in [0.3, 0.4) is 0 Å². The van der Waals surface area contributed by atoms with Gasteiger partial charge < -0.3 is 9.30 Å². The molecule has 0 bridgehead atoms. The van der Waals surface area contributed by atoms with Gasteiger partial charge in [0, 0.05) is 29.2 Å². The van der Waals surface area contributed by atoms with Crippen LogP contribution in [0, 0.1) is 0 Å². The van der Waals surface area contributed by atoms with Crippen molar-refractivity contribution in [3.05, 3.63) is 115 Å². The first kappa shape index (κ1) is 24.7. The fourth-order valence-corrected chi connectivity index (χ4v) is 5.93. The fraction of sp³-hybridized carbons (Fsp3) is 0.233. The van der Waals surface area contributed by atoms with Gasteiger partial charge in [-0.05, 0) is 36.1 Å². The number of aromatic nitrogens is 2. The van der Waals surface area contributed by atoms with Crippen molar-refractivity contribution in [1.29, 1.82) is 0 Å². The second-order valence-corrected chi connectivity index (χ2v) is 10.4. The molecule has 0 aliphatic carbocycles. The number of carbonyl (C=O) groups excluding carboxylic acids is 1. The first-order valence-electron chi connectivity index (χ1n) is 12.2. The van der Waals surface area contributed by atoms with Gasteiger partial charge in [0.2, 0.25) is 0 Å². The maximum atomic E-state index is 13.9. The lowest BCUT2D eigenvalue weighted by atomic mass is 9.93. The summed E-state index contributed by atoms with van der Waals surface area (Å²) in [5, 5.41) is 1.06. The molecular formula is C30H29N3O3S. The summed E-state index contributed by atoms with van der Waals surface area (Å²) in [7, 11) is 1.35. The number of nitrogens with zero attached hydrogens (tertiary/aromatic N) is 3. The van der Waals surface area contributed by atoms with E-state index in [1.807, 2.05) is 42.6 Å². The number of thiazole rings is 1. The van der Waals surface area contributed by atoms with Gasteiger partial charge in [0.15, 0.2) is 4.80 Å². The van der Waals surface area contributed by atoms with Crippen LogP contribution < -0.4 is 14.9 Å². The third-order valence-corrected chi connectivity index (χ3v) is 7.76. The molecule has 37 heavy (non-hydrogen) atoms. The minimum atomic E-state index is -0.617. The maximum Gasteiger partial charge on any atom is 0.338 e. The SMILES string of the molecule is C=CCn1cc(/C=c2\sc3n(c2=O)[C@@H](c2ccc(C(C)C)cc2)C(C(=O)OC)=C(C)N=3)c2ccccc21. The van der Waals surface area contributed by atoms with E-state index >= 15 is 0 Å². The van der Waals surface area contributed by atoms with E-state index in [2.05, 4.69) is 54.3 Å². The fourth-order valence-electron chi connectivity index (χ4n) is 4.89. The predicted molar refractivity (Wildman–Crippen MR) is 148 cm³/mol. The molecule has 1 aliphatic rings. The number of ether oxygens (including phenoxy) is 1. The lowest BCUT2D eigenvalue weighted by molar-refractivity contribution is -0.136. The van der Waals surface area contributed by atoms with Crippen LogP contribution in [0.15, 0.2) is 88.4 Å². The van der Waals surface area contributed by atoms with Crippen molar-refractivity contribution in [1.82, 2.24) is 9.13 Å². The first-order valence-corrected chi connectivity index (χ1v) is 13.0. The Kier molecular flexibility index (Phi) is 6.56. The van der Waals surface area contributed by atoms with Crippen molar-refractivity contribution in [3.63, 3.8) is 0 Å². The molecule has 1 aliphatic heterocycles. The van der Waals surface area contributed by atoms with Crippen LogP contribution in [-0.2, 0) is 16.1 Å². The summed E-state index contributed by atoms with van der Waals surface area (Å²) in [6.45, 7) is 10.6. The Bertz CT molecular complexity index is 1730. The van der Waals surface area contributed by atoms with Crippen molar-refractivity contribution in [3.8, 4) is 0 Å². The second-order valence-electron chi connectivity index (χ2n) is 9.44. The summed E-state index contributed by atoms with van der Waals surface area (Å²) in [6.07, 6.45) is 5.81. The summed E-state index contributed by atoms with van der Waals surface area (Å²) >= 11 is 1.33. The number of esters is 1. The van der Waals surface area contributed by atoms with Crippen molar-refractivity contribution in [2.24, 2.45) is 4.99 Å². The molecule has 2 aromatic carbocycles. The zero-order valence-electron chi connectivity index (χ0n) is 21.4. The normalized spacial score (nSPS) is 15.7. The monoisotopic (exact) mass is 511 g/mol. The molecular weight excluding hydrogens is 482 g/mol. The van der Waals surface area contributed by atoms with Crippen molar-refractivity contribution >= 4 is 34.3 Å². The molecule has 0 fully saturated rings. The van der Waals surface area contributed by atoms with E-state index in [-0.39, 0.29) is 5.56 Å². The van der Waals surface area contributed by atoms with E-state index in [4.69, 9.17) is 4.74 Å². The molecule has 0 saturated heterocycles. The van der Waals surface area contributed by atoms with Crippen LogP contribution in [0.4, 0.5) is 0 Å². The molecule has 0 radical (unpaired) electrons. The number of para-hydroxylation sites is 1. The van der Waals surface area contributed by atoms with E-state index in [1.54, 1.807) is 11.5 Å². The highest BCUT2D eigenvalue weighted by molar-refractivity contribution is 7.07. The number of hydrogen-bond donors (Lipinski definition) is 0. The first-order chi connectivity index (χ1) is 17.8. The minimum Gasteiger partial charge on any atom is -0.466 e. The van der Waals surface area contributed by atoms with Crippen LogP contribution in [0.1, 0.15) is 49.4 Å². The minimum absolute atomic E-state index is 0.184. The van der Waals surface area contributed by atoms with Gasteiger partial charge in [0.25, 0.3) is 5.56 Å². The smallest absolute Gasteiger partial charge is 0.338 e. The summed E-state index contributed by atoms with van der Waals surface area (Å²) in [5.41, 5.74) is 4.80. The summed E-state index contributed by atoms with van der Waals surface area (Å²) in [5.74, 6) is -0.113. The van der Waals surface area contributed by atoms with E-state index < -0.39 is 12.0 Å². The molecule has 2 aromatic heterocycles. The number of carbonyl (C=O) groups is 1. The number of hydrogen-bond acceptors (Lipinski definition) is 5. The average molecular weight is 512 g/mol. The summed E-state index contributed by atoms with van der Waals surface area (Å²) in [6, 6.07) is 15.6. The molecule has 0 spiro atoms. The van der Waals surface area contributed by atoms with E-state index in [0.717, 1.165) is 22.0 Å². The summed E-state index contributed by atoms with van der Waals surface area (Å²) in [4.78, 5) is 32.0. The number of rotatable bonds is 6. The highest BCUT2D eigenvalue weighted by atomic mass is 32.1. The lowest BCUT2D eigenvalue weighted by Crippen LogP contribution is -2.39. The Balaban J connectivity index is 1.73. The molecule has 1 atom stereocenters. The number of benzene rings is 2. The molecule has 6 nitrogen and oxygen atoms in total.